The van der Waals surface area contributed by atoms with Gasteiger partial charge in [0.05, 0.1) is 16.5 Å². The molecule has 0 aromatic heterocycles. The minimum atomic E-state index is -0.447. The first kappa shape index (κ1) is 25.0. The second kappa shape index (κ2) is 10.8. The number of hydrogen-bond acceptors (Lipinski definition) is 7. The molecule has 1 fully saturated rings. The SMILES string of the molecule is O=C(COc1ccc(/C=C2\SC(=O)N(Cc3cc4c(cc3Cl)OCO4)C2=O)cc1Cl)Nc1ccccc1. The lowest BCUT2D eigenvalue weighted by Crippen LogP contribution is -2.27. The number of fused-ring (bicyclic) bond motifs is 1. The topological polar surface area (TPSA) is 94.2 Å². The predicted molar refractivity (Wildman–Crippen MR) is 141 cm³/mol. The second-order valence-electron chi connectivity index (χ2n) is 7.96. The van der Waals surface area contributed by atoms with Crippen LogP contribution in [0.4, 0.5) is 10.5 Å². The van der Waals surface area contributed by atoms with Gasteiger partial charge in [-0.25, -0.2) is 0 Å². The maximum absolute atomic E-state index is 13.0. The van der Waals surface area contributed by atoms with Gasteiger partial charge in [0.15, 0.2) is 18.1 Å². The van der Waals surface area contributed by atoms with Crippen LogP contribution in [0.15, 0.2) is 65.6 Å². The Bertz CT molecular complexity index is 1430. The van der Waals surface area contributed by atoms with Gasteiger partial charge in [0, 0.05) is 16.8 Å². The lowest BCUT2D eigenvalue weighted by atomic mass is 10.1. The zero-order valence-electron chi connectivity index (χ0n) is 19.0. The molecule has 11 heteroatoms. The van der Waals surface area contributed by atoms with Crippen molar-refractivity contribution in [2.45, 2.75) is 6.54 Å². The molecule has 1 saturated heterocycles. The van der Waals surface area contributed by atoms with E-state index in [1.165, 1.54) is 0 Å². The molecule has 188 valence electrons. The summed E-state index contributed by atoms with van der Waals surface area (Å²) in [7, 11) is 0. The van der Waals surface area contributed by atoms with E-state index < -0.39 is 11.1 Å². The van der Waals surface area contributed by atoms with Crippen LogP contribution in [0.5, 0.6) is 17.2 Å². The van der Waals surface area contributed by atoms with Crippen molar-refractivity contribution in [3.63, 3.8) is 0 Å². The Kier molecular flexibility index (Phi) is 7.27. The summed E-state index contributed by atoms with van der Waals surface area (Å²) < 4.78 is 16.2. The van der Waals surface area contributed by atoms with E-state index in [1.807, 2.05) is 18.2 Å². The smallest absolute Gasteiger partial charge is 0.293 e. The maximum atomic E-state index is 13.0. The summed E-state index contributed by atoms with van der Waals surface area (Å²) in [5.41, 5.74) is 1.82. The van der Waals surface area contributed by atoms with Gasteiger partial charge in [-0.1, -0.05) is 47.5 Å². The minimum Gasteiger partial charge on any atom is -0.482 e. The van der Waals surface area contributed by atoms with E-state index in [9.17, 15) is 14.4 Å². The van der Waals surface area contributed by atoms with E-state index in [-0.39, 0.29) is 35.8 Å². The van der Waals surface area contributed by atoms with E-state index in [2.05, 4.69) is 5.32 Å². The summed E-state index contributed by atoms with van der Waals surface area (Å²) in [5.74, 6) is 0.563. The van der Waals surface area contributed by atoms with Gasteiger partial charge in [0.2, 0.25) is 6.79 Å². The Balaban J connectivity index is 1.23. The van der Waals surface area contributed by atoms with Gasteiger partial charge in [0.1, 0.15) is 5.75 Å². The second-order valence-corrected chi connectivity index (χ2v) is 9.77. The van der Waals surface area contributed by atoms with Gasteiger partial charge in [-0.2, -0.15) is 0 Å². The van der Waals surface area contributed by atoms with Crippen molar-refractivity contribution in [3.05, 3.63) is 86.7 Å². The molecule has 37 heavy (non-hydrogen) atoms. The number of nitrogens with zero attached hydrogens (tertiary/aromatic N) is 1. The van der Waals surface area contributed by atoms with Crippen LogP contribution in [0.25, 0.3) is 6.08 Å². The number of thioether (sulfide) groups is 1. The van der Waals surface area contributed by atoms with E-state index in [1.54, 1.807) is 48.5 Å². The lowest BCUT2D eigenvalue weighted by molar-refractivity contribution is -0.123. The third-order valence-electron chi connectivity index (χ3n) is 5.41. The number of carbonyl (C=O) groups excluding carboxylic acids is 3. The first-order valence-corrected chi connectivity index (χ1v) is 12.6. The number of halogens is 2. The van der Waals surface area contributed by atoms with Crippen LogP contribution in [0.2, 0.25) is 10.0 Å². The number of para-hydroxylation sites is 1. The molecule has 3 amide bonds. The fourth-order valence-electron chi connectivity index (χ4n) is 3.62. The molecule has 0 saturated carbocycles. The first-order valence-electron chi connectivity index (χ1n) is 11.0. The van der Waals surface area contributed by atoms with Gasteiger partial charge in [-0.15, -0.1) is 0 Å². The summed E-state index contributed by atoms with van der Waals surface area (Å²) in [6.45, 7) is -0.141. The molecule has 3 aromatic carbocycles. The standard InChI is InChI=1S/C26H18Cl2N2O6S/c27-18-11-22-21(35-14-36-22)10-16(18)12-30-25(32)23(37-26(30)33)9-15-6-7-20(19(28)8-15)34-13-24(31)29-17-4-2-1-3-5-17/h1-11H,12-14H2,(H,29,31)/b23-9-. The van der Waals surface area contributed by atoms with Gasteiger partial charge >= 0.3 is 0 Å². The molecule has 2 heterocycles. The highest BCUT2D eigenvalue weighted by Crippen LogP contribution is 2.39. The molecule has 5 rings (SSSR count). The van der Waals surface area contributed by atoms with Gasteiger partial charge in [0.25, 0.3) is 17.1 Å². The summed E-state index contributed by atoms with van der Waals surface area (Å²) in [5, 5.41) is 2.93. The molecule has 0 spiro atoms. The highest BCUT2D eigenvalue weighted by Gasteiger charge is 2.35. The molecule has 0 radical (unpaired) electrons. The number of anilines is 1. The molecule has 0 bridgehead atoms. The Hall–Kier alpha value is -3.66. The molecular weight excluding hydrogens is 539 g/mol. The number of carbonyl (C=O) groups is 3. The third-order valence-corrected chi connectivity index (χ3v) is 6.97. The molecule has 8 nitrogen and oxygen atoms in total. The van der Waals surface area contributed by atoms with Crippen LogP contribution < -0.4 is 19.5 Å². The normalized spacial score (nSPS) is 15.4. The largest absolute Gasteiger partial charge is 0.482 e. The number of amides is 3. The summed E-state index contributed by atoms with van der Waals surface area (Å²) in [6, 6.07) is 17.1. The van der Waals surface area contributed by atoms with Crippen molar-refractivity contribution in [2.75, 3.05) is 18.7 Å². The molecule has 1 N–H and O–H groups in total. The summed E-state index contributed by atoms with van der Waals surface area (Å²) in [6.07, 6.45) is 1.57. The van der Waals surface area contributed by atoms with Crippen LogP contribution in [0, 0.1) is 0 Å². The van der Waals surface area contributed by atoms with Crippen molar-refractivity contribution in [3.8, 4) is 17.2 Å². The molecule has 0 unspecified atom stereocenters. The van der Waals surface area contributed by atoms with Crippen molar-refractivity contribution in [1.29, 1.82) is 0 Å². The van der Waals surface area contributed by atoms with E-state index in [0.29, 0.717) is 39.1 Å². The molecule has 2 aliphatic heterocycles. The fourth-order valence-corrected chi connectivity index (χ4v) is 4.92. The molecule has 0 atom stereocenters. The van der Waals surface area contributed by atoms with E-state index in [4.69, 9.17) is 37.4 Å². The Morgan fingerprint density at radius 3 is 2.54 bits per heavy atom. The van der Waals surface area contributed by atoms with Gasteiger partial charge in [-0.3, -0.25) is 19.3 Å². The number of hydrogen-bond donors (Lipinski definition) is 1. The highest BCUT2D eigenvalue weighted by atomic mass is 35.5. The summed E-state index contributed by atoms with van der Waals surface area (Å²) in [4.78, 5) is 39.0. The monoisotopic (exact) mass is 556 g/mol. The van der Waals surface area contributed by atoms with Crippen LogP contribution in [0.1, 0.15) is 11.1 Å². The zero-order chi connectivity index (χ0) is 25.9. The number of rotatable bonds is 7. The third kappa shape index (κ3) is 5.69. The molecule has 3 aromatic rings. The Labute approximate surface area is 226 Å². The molecular formula is C26H18Cl2N2O6S. The van der Waals surface area contributed by atoms with E-state index in [0.717, 1.165) is 16.7 Å². The predicted octanol–water partition coefficient (Wildman–Crippen LogP) is 5.98. The zero-order valence-corrected chi connectivity index (χ0v) is 21.4. The number of benzene rings is 3. The van der Waals surface area contributed by atoms with Crippen LogP contribution in [-0.4, -0.2) is 35.4 Å². The van der Waals surface area contributed by atoms with Crippen molar-refractivity contribution in [1.82, 2.24) is 4.90 Å². The molecule has 2 aliphatic rings. The highest BCUT2D eigenvalue weighted by molar-refractivity contribution is 8.18. The van der Waals surface area contributed by atoms with Gasteiger partial charge in [-0.05, 0) is 59.3 Å². The Morgan fingerprint density at radius 2 is 1.78 bits per heavy atom. The first-order chi connectivity index (χ1) is 17.9. The Morgan fingerprint density at radius 1 is 1.03 bits per heavy atom. The molecule has 0 aliphatic carbocycles. The summed E-state index contributed by atoms with van der Waals surface area (Å²) >= 11 is 13.5. The minimum absolute atomic E-state index is 0.00391. The van der Waals surface area contributed by atoms with Crippen LogP contribution >= 0.6 is 35.0 Å². The van der Waals surface area contributed by atoms with Crippen molar-refractivity contribution >= 4 is 63.8 Å². The number of ether oxygens (including phenoxy) is 3. The average molecular weight is 557 g/mol. The number of imide groups is 1. The van der Waals surface area contributed by atoms with Crippen molar-refractivity contribution in [2.24, 2.45) is 0 Å². The lowest BCUT2D eigenvalue weighted by Gasteiger charge is -2.14. The average Bonchev–Trinajstić information content (AvgIpc) is 3.43. The van der Waals surface area contributed by atoms with Crippen LogP contribution in [0.3, 0.4) is 0 Å². The van der Waals surface area contributed by atoms with Gasteiger partial charge < -0.3 is 19.5 Å². The van der Waals surface area contributed by atoms with Crippen molar-refractivity contribution < 1.29 is 28.6 Å². The quantitative estimate of drug-likeness (QED) is 0.358. The maximum Gasteiger partial charge on any atom is 0.293 e. The van der Waals surface area contributed by atoms with E-state index >= 15 is 0 Å². The van der Waals surface area contributed by atoms with Crippen LogP contribution in [-0.2, 0) is 16.1 Å². The fraction of sp³-hybridized carbons (Fsp3) is 0.115. The number of nitrogens with one attached hydrogen (secondary N) is 1.